The van der Waals surface area contributed by atoms with Crippen LogP contribution in [0.3, 0.4) is 0 Å². The van der Waals surface area contributed by atoms with Crippen LogP contribution in [0.15, 0.2) is 0 Å². The molecule has 0 aliphatic carbocycles. The van der Waals surface area contributed by atoms with Crippen molar-refractivity contribution in [1.82, 2.24) is 4.90 Å². The van der Waals surface area contributed by atoms with Gasteiger partial charge in [-0.3, -0.25) is 4.79 Å². The third-order valence-electron chi connectivity index (χ3n) is 2.97. The van der Waals surface area contributed by atoms with Gasteiger partial charge in [0.1, 0.15) is 0 Å². The summed E-state index contributed by atoms with van der Waals surface area (Å²) in [5.41, 5.74) is -0.243. The van der Waals surface area contributed by atoms with Crippen molar-refractivity contribution in [3.8, 4) is 0 Å². The predicted molar refractivity (Wildman–Crippen MR) is 66.4 cm³/mol. The predicted octanol–water partition coefficient (Wildman–Crippen LogP) is 3.46. The van der Waals surface area contributed by atoms with Gasteiger partial charge in [0.25, 0.3) is 5.91 Å². The number of halogens is 2. The largest absolute Gasteiger partial charge is 0.333 e. The van der Waals surface area contributed by atoms with Gasteiger partial charge in [0, 0.05) is 11.6 Å². The summed E-state index contributed by atoms with van der Waals surface area (Å²) in [7, 11) is 0. The third-order valence-corrected chi connectivity index (χ3v) is 3.35. The molecule has 0 N–H and O–H groups in total. The van der Waals surface area contributed by atoms with Crippen LogP contribution in [0.1, 0.15) is 41.5 Å². The van der Waals surface area contributed by atoms with Crippen molar-refractivity contribution in [3.05, 3.63) is 0 Å². The lowest BCUT2D eigenvalue weighted by Crippen LogP contribution is -2.55. The first-order chi connectivity index (χ1) is 6.62. The second-order valence-electron chi connectivity index (χ2n) is 4.91. The van der Waals surface area contributed by atoms with Crippen LogP contribution < -0.4 is 0 Å². The van der Waals surface area contributed by atoms with E-state index in [1.54, 1.807) is 4.90 Å². The first kappa shape index (κ1) is 15.0. The Morgan fingerprint density at radius 3 is 1.73 bits per heavy atom. The molecule has 0 spiro atoms. The minimum atomic E-state index is -0.981. The molecular formula is C11H21Cl2NO. The molecule has 4 heteroatoms. The van der Waals surface area contributed by atoms with Crippen LogP contribution in [0.5, 0.6) is 0 Å². The van der Waals surface area contributed by atoms with Crippen molar-refractivity contribution in [1.29, 1.82) is 0 Å². The van der Waals surface area contributed by atoms with Crippen LogP contribution in [0.2, 0.25) is 0 Å². The zero-order valence-electron chi connectivity index (χ0n) is 10.3. The van der Waals surface area contributed by atoms with Crippen LogP contribution in [0.4, 0.5) is 0 Å². The van der Waals surface area contributed by atoms with E-state index in [1.807, 2.05) is 27.7 Å². The summed E-state index contributed by atoms with van der Waals surface area (Å²) in [6.07, 6.45) is 0. The summed E-state index contributed by atoms with van der Waals surface area (Å²) >= 11 is 11.3. The maximum absolute atomic E-state index is 11.9. The number of alkyl halides is 2. The molecule has 0 aliphatic heterocycles. The quantitative estimate of drug-likeness (QED) is 0.703. The van der Waals surface area contributed by atoms with Gasteiger partial charge in [0.15, 0.2) is 4.84 Å². The Morgan fingerprint density at radius 2 is 1.53 bits per heavy atom. The normalized spacial score (nSPS) is 12.7. The van der Waals surface area contributed by atoms with Crippen LogP contribution in [-0.4, -0.2) is 27.2 Å². The van der Waals surface area contributed by atoms with Crippen molar-refractivity contribution in [2.45, 2.75) is 58.0 Å². The Balaban J connectivity index is 5.06. The Morgan fingerprint density at radius 1 is 1.13 bits per heavy atom. The lowest BCUT2D eigenvalue weighted by molar-refractivity contribution is -0.139. The number of amides is 1. The second-order valence-corrected chi connectivity index (χ2v) is 6.01. The van der Waals surface area contributed by atoms with Crippen molar-refractivity contribution >= 4 is 29.1 Å². The number of hydrogen-bond donors (Lipinski definition) is 0. The van der Waals surface area contributed by atoms with Crippen LogP contribution in [0.25, 0.3) is 0 Å². The summed E-state index contributed by atoms with van der Waals surface area (Å²) in [6, 6.07) is 0.0925. The van der Waals surface area contributed by atoms with E-state index < -0.39 is 4.84 Å². The van der Waals surface area contributed by atoms with E-state index in [2.05, 4.69) is 13.8 Å². The molecular weight excluding hydrogens is 233 g/mol. The maximum atomic E-state index is 11.9. The van der Waals surface area contributed by atoms with Crippen molar-refractivity contribution in [2.24, 2.45) is 5.92 Å². The van der Waals surface area contributed by atoms with Crippen molar-refractivity contribution < 1.29 is 4.79 Å². The number of nitrogens with zero attached hydrogens (tertiary/aromatic N) is 1. The van der Waals surface area contributed by atoms with E-state index in [0.717, 1.165) is 0 Å². The Bertz CT molecular complexity index is 225. The first-order valence-corrected chi connectivity index (χ1v) is 6.11. The Labute approximate surface area is 103 Å². The van der Waals surface area contributed by atoms with E-state index in [9.17, 15) is 4.79 Å². The lowest BCUT2D eigenvalue weighted by atomic mass is 9.87. The number of rotatable bonds is 4. The van der Waals surface area contributed by atoms with Gasteiger partial charge in [-0.05, 0) is 33.6 Å². The van der Waals surface area contributed by atoms with Gasteiger partial charge >= 0.3 is 0 Å². The summed E-state index contributed by atoms with van der Waals surface area (Å²) < 4.78 is 0. The molecule has 0 unspecified atom stereocenters. The van der Waals surface area contributed by atoms with Crippen LogP contribution >= 0.6 is 23.2 Å². The highest BCUT2D eigenvalue weighted by Crippen LogP contribution is 2.28. The van der Waals surface area contributed by atoms with E-state index in [0.29, 0.717) is 5.92 Å². The molecule has 0 atom stereocenters. The number of carbonyl (C=O) groups excluding carboxylic acids is 1. The highest BCUT2D eigenvalue weighted by Gasteiger charge is 2.37. The highest BCUT2D eigenvalue weighted by molar-refractivity contribution is 6.53. The van der Waals surface area contributed by atoms with Crippen LogP contribution in [0, 0.1) is 5.92 Å². The summed E-state index contributed by atoms with van der Waals surface area (Å²) in [6.45, 7) is 12.2. The average molecular weight is 254 g/mol. The fourth-order valence-corrected chi connectivity index (χ4v) is 1.80. The van der Waals surface area contributed by atoms with Gasteiger partial charge in [0.05, 0.1) is 0 Å². The summed E-state index contributed by atoms with van der Waals surface area (Å²) in [4.78, 5) is 12.7. The Kier molecular flexibility index (Phi) is 5.42. The van der Waals surface area contributed by atoms with Gasteiger partial charge in [-0.25, -0.2) is 0 Å². The second kappa shape index (κ2) is 5.40. The van der Waals surface area contributed by atoms with Gasteiger partial charge in [-0.1, -0.05) is 37.0 Å². The molecule has 0 saturated carbocycles. The number of hydrogen-bond acceptors (Lipinski definition) is 1. The zero-order chi connectivity index (χ0) is 12.4. The van der Waals surface area contributed by atoms with E-state index in [1.165, 1.54) is 0 Å². The molecule has 1 amide bonds. The summed E-state index contributed by atoms with van der Waals surface area (Å²) in [5.74, 6) is 0.128. The smallest absolute Gasteiger partial charge is 0.256 e. The van der Waals surface area contributed by atoms with Gasteiger partial charge in [0.2, 0.25) is 0 Å². The molecule has 2 nitrogen and oxygen atoms in total. The average Bonchev–Trinajstić information content (AvgIpc) is 2.02. The molecule has 0 aromatic rings. The number of carbonyl (C=O) groups is 1. The van der Waals surface area contributed by atoms with E-state index in [4.69, 9.17) is 23.2 Å². The van der Waals surface area contributed by atoms with Crippen molar-refractivity contribution in [3.63, 3.8) is 0 Å². The molecule has 0 saturated heterocycles. The molecule has 0 heterocycles. The monoisotopic (exact) mass is 253 g/mol. The van der Waals surface area contributed by atoms with Gasteiger partial charge < -0.3 is 4.90 Å². The van der Waals surface area contributed by atoms with Gasteiger partial charge in [-0.15, -0.1) is 0 Å². The van der Waals surface area contributed by atoms with Crippen LogP contribution in [-0.2, 0) is 4.79 Å². The molecule has 0 aliphatic rings. The molecule has 0 aromatic carbocycles. The van der Waals surface area contributed by atoms with E-state index >= 15 is 0 Å². The topological polar surface area (TPSA) is 20.3 Å². The maximum Gasteiger partial charge on any atom is 0.256 e. The Hall–Kier alpha value is 0.0500. The fourth-order valence-electron chi connectivity index (χ4n) is 1.59. The summed E-state index contributed by atoms with van der Waals surface area (Å²) in [5, 5.41) is 0. The molecule has 15 heavy (non-hydrogen) atoms. The third kappa shape index (κ3) is 3.53. The SMILES string of the molecule is CC(C)N(C(=O)C(Cl)Cl)C(C)(C)C(C)C. The van der Waals surface area contributed by atoms with Gasteiger partial charge in [-0.2, -0.15) is 0 Å². The fraction of sp³-hybridized carbons (Fsp3) is 0.909. The molecule has 90 valence electrons. The van der Waals surface area contributed by atoms with E-state index in [-0.39, 0.29) is 17.5 Å². The minimum Gasteiger partial charge on any atom is -0.333 e. The molecule has 0 aromatic heterocycles. The molecule has 0 bridgehead atoms. The standard InChI is InChI=1S/C11H21Cl2NO/c1-7(2)11(5,6)14(8(3)4)10(15)9(12)13/h7-9H,1-6H3. The zero-order valence-corrected chi connectivity index (χ0v) is 11.9. The van der Waals surface area contributed by atoms with Crippen molar-refractivity contribution in [2.75, 3.05) is 0 Å². The highest BCUT2D eigenvalue weighted by atomic mass is 35.5. The lowest BCUT2D eigenvalue weighted by Gasteiger charge is -2.44. The molecule has 0 rings (SSSR count). The molecule has 0 radical (unpaired) electrons. The first-order valence-electron chi connectivity index (χ1n) is 5.23. The minimum absolute atomic E-state index is 0.0925. The molecule has 0 fully saturated rings.